The lowest BCUT2D eigenvalue weighted by Gasteiger charge is -2.08. The Balaban J connectivity index is 2.85. The quantitative estimate of drug-likeness (QED) is 0.501. The van der Waals surface area contributed by atoms with Crippen LogP contribution in [-0.4, -0.2) is 35.4 Å². The summed E-state index contributed by atoms with van der Waals surface area (Å²) in [5.41, 5.74) is -0.161. The highest BCUT2D eigenvalue weighted by Crippen LogP contribution is 2.23. The van der Waals surface area contributed by atoms with Gasteiger partial charge >= 0.3 is 5.69 Å². The topological polar surface area (TPSA) is 109 Å². The molecule has 8 nitrogen and oxygen atoms in total. The van der Waals surface area contributed by atoms with Crippen molar-refractivity contribution in [2.24, 2.45) is 0 Å². The summed E-state index contributed by atoms with van der Waals surface area (Å²) in [6.07, 6.45) is 0. The van der Waals surface area contributed by atoms with Crippen LogP contribution < -0.4 is 16.0 Å². The van der Waals surface area contributed by atoms with Gasteiger partial charge in [-0.25, -0.2) is 4.98 Å². The van der Waals surface area contributed by atoms with Crippen molar-refractivity contribution in [1.82, 2.24) is 10.3 Å². The van der Waals surface area contributed by atoms with Gasteiger partial charge in [0.15, 0.2) is 0 Å². The molecule has 0 spiro atoms. The Morgan fingerprint density at radius 3 is 2.63 bits per heavy atom. The summed E-state index contributed by atoms with van der Waals surface area (Å²) in [7, 11) is 0. The van der Waals surface area contributed by atoms with Crippen LogP contribution in [0.5, 0.6) is 0 Å². The van der Waals surface area contributed by atoms with Gasteiger partial charge in [0.05, 0.1) is 11.5 Å². The number of aromatic nitrogens is 1. The van der Waals surface area contributed by atoms with E-state index in [4.69, 9.17) is 0 Å². The first kappa shape index (κ1) is 14.7. The Morgan fingerprint density at radius 2 is 2.05 bits per heavy atom. The van der Waals surface area contributed by atoms with Gasteiger partial charge in [-0.2, -0.15) is 0 Å². The van der Waals surface area contributed by atoms with Gasteiger partial charge in [0, 0.05) is 19.2 Å². The zero-order chi connectivity index (χ0) is 14.3. The lowest BCUT2D eigenvalue weighted by molar-refractivity contribution is -0.384. The molecule has 0 aliphatic heterocycles. The van der Waals surface area contributed by atoms with Crippen molar-refractivity contribution in [3.63, 3.8) is 0 Å². The lowest BCUT2D eigenvalue weighted by atomic mass is 10.3. The maximum absolute atomic E-state index is 11.3. The second kappa shape index (κ2) is 7.14. The van der Waals surface area contributed by atoms with E-state index in [-0.39, 0.29) is 24.0 Å². The van der Waals surface area contributed by atoms with Gasteiger partial charge in [0.2, 0.25) is 11.7 Å². The van der Waals surface area contributed by atoms with Crippen LogP contribution in [0.25, 0.3) is 0 Å². The van der Waals surface area contributed by atoms with E-state index in [0.717, 1.165) is 0 Å². The Labute approximate surface area is 110 Å². The summed E-state index contributed by atoms with van der Waals surface area (Å²) in [5.74, 6) is 0.355. The number of rotatable bonds is 7. The van der Waals surface area contributed by atoms with Crippen molar-refractivity contribution in [1.29, 1.82) is 0 Å². The maximum Gasteiger partial charge on any atom is 0.311 e. The van der Waals surface area contributed by atoms with E-state index in [1.165, 1.54) is 12.1 Å². The monoisotopic (exact) mass is 267 g/mol. The summed E-state index contributed by atoms with van der Waals surface area (Å²) in [5, 5.41) is 19.1. The molecule has 1 rings (SSSR count). The summed E-state index contributed by atoms with van der Waals surface area (Å²) in [6, 6.07) is 2.88. The number of hydrogen-bond donors (Lipinski definition) is 3. The van der Waals surface area contributed by atoms with Crippen LogP contribution in [0.2, 0.25) is 0 Å². The van der Waals surface area contributed by atoms with Gasteiger partial charge in [-0.3, -0.25) is 14.9 Å². The van der Waals surface area contributed by atoms with E-state index in [2.05, 4.69) is 20.9 Å². The molecule has 0 saturated heterocycles. The van der Waals surface area contributed by atoms with Crippen LogP contribution in [0.3, 0.4) is 0 Å². The summed E-state index contributed by atoms with van der Waals surface area (Å²) in [4.78, 5) is 25.7. The predicted molar refractivity (Wildman–Crippen MR) is 72.2 cm³/mol. The molecule has 0 aliphatic carbocycles. The normalized spacial score (nSPS) is 9.79. The minimum atomic E-state index is -0.539. The number of carbonyl (C=O) groups excluding carboxylic acids is 1. The number of nitro groups is 1. The maximum atomic E-state index is 11.3. The molecule has 0 atom stereocenters. The Morgan fingerprint density at radius 1 is 1.32 bits per heavy atom. The number of carbonyl (C=O) groups is 1. The second-order valence-electron chi connectivity index (χ2n) is 3.66. The van der Waals surface area contributed by atoms with Gasteiger partial charge in [0.1, 0.15) is 5.82 Å². The highest BCUT2D eigenvalue weighted by molar-refractivity contribution is 5.81. The van der Waals surface area contributed by atoms with Gasteiger partial charge in [-0.1, -0.05) is 0 Å². The number of nitrogens with zero attached hydrogens (tertiary/aromatic N) is 2. The molecule has 1 aromatic rings. The highest BCUT2D eigenvalue weighted by atomic mass is 16.6. The number of nitrogens with one attached hydrogen (secondary N) is 3. The van der Waals surface area contributed by atoms with Crippen LogP contribution in [0.4, 0.5) is 17.3 Å². The lowest BCUT2D eigenvalue weighted by Crippen LogP contribution is -2.29. The van der Waals surface area contributed by atoms with Gasteiger partial charge in [-0.15, -0.1) is 0 Å². The molecule has 0 bridgehead atoms. The van der Waals surface area contributed by atoms with Gasteiger partial charge < -0.3 is 16.0 Å². The minimum absolute atomic E-state index is 0.0583. The molecule has 104 valence electrons. The van der Waals surface area contributed by atoms with E-state index >= 15 is 0 Å². The van der Waals surface area contributed by atoms with Crippen molar-refractivity contribution >= 4 is 23.2 Å². The third-order valence-corrected chi connectivity index (χ3v) is 2.22. The summed E-state index contributed by atoms with van der Waals surface area (Å²) < 4.78 is 0. The summed E-state index contributed by atoms with van der Waals surface area (Å²) in [6.45, 7) is 4.79. The fourth-order valence-corrected chi connectivity index (χ4v) is 1.43. The standard InChI is InChI=1S/C11H17N5O3/c1-3-12-9-6-5-8(16(18)19)11(15-9)14-7-10(17)13-4-2/h5-6H,3-4,7H2,1-2H3,(H,13,17)(H2,12,14,15). The first-order valence-electron chi connectivity index (χ1n) is 5.98. The Kier molecular flexibility index (Phi) is 5.52. The van der Waals surface area contributed by atoms with E-state index in [1.807, 2.05) is 6.92 Å². The molecule has 0 unspecified atom stereocenters. The molecule has 1 aromatic heterocycles. The number of likely N-dealkylation sites (N-methyl/N-ethyl adjacent to an activating group) is 1. The first-order valence-corrected chi connectivity index (χ1v) is 5.98. The Bertz CT molecular complexity index is 464. The zero-order valence-corrected chi connectivity index (χ0v) is 10.9. The molecule has 0 saturated carbocycles. The molecular formula is C11H17N5O3. The van der Waals surface area contributed by atoms with Crippen molar-refractivity contribution < 1.29 is 9.72 Å². The zero-order valence-electron chi connectivity index (χ0n) is 10.9. The van der Waals surface area contributed by atoms with E-state index in [9.17, 15) is 14.9 Å². The molecule has 1 heterocycles. The minimum Gasteiger partial charge on any atom is -0.370 e. The third kappa shape index (κ3) is 4.41. The number of hydrogen-bond acceptors (Lipinski definition) is 6. The van der Waals surface area contributed by atoms with E-state index < -0.39 is 4.92 Å². The predicted octanol–water partition coefficient (Wildman–Crippen LogP) is 0.970. The average molecular weight is 267 g/mol. The van der Waals surface area contributed by atoms with Crippen LogP contribution >= 0.6 is 0 Å². The number of pyridine rings is 1. The van der Waals surface area contributed by atoms with Crippen LogP contribution in [0.1, 0.15) is 13.8 Å². The Hall–Kier alpha value is -2.38. The fourth-order valence-electron chi connectivity index (χ4n) is 1.43. The largest absolute Gasteiger partial charge is 0.370 e. The third-order valence-electron chi connectivity index (χ3n) is 2.22. The van der Waals surface area contributed by atoms with Gasteiger partial charge in [-0.05, 0) is 19.9 Å². The summed E-state index contributed by atoms with van der Waals surface area (Å²) >= 11 is 0. The molecule has 1 amide bonds. The molecular weight excluding hydrogens is 250 g/mol. The number of amides is 1. The van der Waals surface area contributed by atoms with Crippen molar-refractivity contribution in [3.8, 4) is 0 Å². The van der Waals surface area contributed by atoms with Gasteiger partial charge in [0.25, 0.3) is 0 Å². The molecule has 0 aliphatic rings. The van der Waals surface area contributed by atoms with Crippen LogP contribution in [0, 0.1) is 10.1 Å². The van der Waals surface area contributed by atoms with Crippen LogP contribution in [0.15, 0.2) is 12.1 Å². The first-order chi connectivity index (χ1) is 9.08. The van der Waals surface area contributed by atoms with E-state index in [0.29, 0.717) is 18.9 Å². The molecule has 8 heteroatoms. The SMILES string of the molecule is CCNC(=O)CNc1nc(NCC)ccc1[N+](=O)[O-]. The molecule has 0 radical (unpaired) electrons. The van der Waals surface area contributed by atoms with Crippen molar-refractivity contribution in [2.45, 2.75) is 13.8 Å². The second-order valence-corrected chi connectivity index (χ2v) is 3.66. The van der Waals surface area contributed by atoms with Crippen molar-refractivity contribution in [2.75, 3.05) is 30.3 Å². The molecule has 0 fully saturated rings. The average Bonchev–Trinajstić information content (AvgIpc) is 2.37. The van der Waals surface area contributed by atoms with Crippen LogP contribution in [-0.2, 0) is 4.79 Å². The number of anilines is 2. The highest BCUT2D eigenvalue weighted by Gasteiger charge is 2.16. The molecule has 3 N–H and O–H groups in total. The molecule has 0 aromatic carbocycles. The van der Waals surface area contributed by atoms with Crippen molar-refractivity contribution in [3.05, 3.63) is 22.2 Å². The smallest absolute Gasteiger partial charge is 0.311 e. The molecule has 19 heavy (non-hydrogen) atoms. The van der Waals surface area contributed by atoms with E-state index in [1.54, 1.807) is 6.92 Å². The fraction of sp³-hybridized carbons (Fsp3) is 0.455.